The van der Waals surface area contributed by atoms with Crippen molar-refractivity contribution in [3.8, 4) is 0 Å². The van der Waals surface area contributed by atoms with Crippen LogP contribution in [0.1, 0.15) is 31.3 Å². The number of aliphatic hydroxyl groups is 1. The number of rotatable bonds is 3. The number of aliphatic hydroxyl groups excluding tert-OH is 1. The van der Waals surface area contributed by atoms with Gasteiger partial charge in [-0.1, -0.05) is 26.0 Å². The summed E-state index contributed by atoms with van der Waals surface area (Å²) in [6, 6.07) is 9.62. The topological polar surface area (TPSA) is 33.4 Å². The third kappa shape index (κ3) is 2.24. The van der Waals surface area contributed by atoms with Crippen LogP contribution in [0.25, 0.3) is 0 Å². The van der Waals surface area contributed by atoms with Crippen molar-refractivity contribution in [2.75, 3.05) is 0 Å². The molecule has 0 aliphatic rings. The van der Waals surface area contributed by atoms with Crippen molar-refractivity contribution < 1.29 is 13.9 Å². The predicted octanol–water partition coefficient (Wildman–Crippen LogP) is 3.43. The Morgan fingerprint density at radius 1 is 1.18 bits per heavy atom. The lowest BCUT2D eigenvalue weighted by Gasteiger charge is -2.29. The molecule has 0 radical (unpaired) electrons. The maximum absolute atomic E-state index is 12.9. The lowest BCUT2D eigenvalue weighted by molar-refractivity contribution is 0.0783. The van der Waals surface area contributed by atoms with Gasteiger partial charge in [0.05, 0.1) is 6.26 Å². The zero-order valence-corrected chi connectivity index (χ0v) is 9.85. The summed E-state index contributed by atoms with van der Waals surface area (Å²) >= 11 is 0. The number of hydrogen-bond donors (Lipinski definition) is 1. The van der Waals surface area contributed by atoms with Crippen molar-refractivity contribution in [2.45, 2.75) is 25.4 Å². The number of benzene rings is 1. The number of furan rings is 1. The van der Waals surface area contributed by atoms with Crippen LogP contribution in [0, 0.1) is 5.82 Å². The van der Waals surface area contributed by atoms with Crippen LogP contribution in [-0.2, 0) is 5.41 Å². The second-order valence-corrected chi connectivity index (χ2v) is 4.65. The van der Waals surface area contributed by atoms with E-state index in [1.165, 1.54) is 18.4 Å². The monoisotopic (exact) mass is 234 g/mol. The van der Waals surface area contributed by atoms with Gasteiger partial charge < -0.3 is 9.52 Å². The average Bonchev–Trinajstić information content (AvgIpc) is 2.82. The van der Waals surface area contributed by atoms with Crippen LogP contribution in [0.4, 0.5) is 4.39 Å². The van der Waals surface area contributed by atoms with Crippen molar-refractivity contribution in [1.29, 1.82) is 0 Å². The summed E-state index contributed by atoms with van der Waals surface area (Å²) in [7, 11) is 0. The summed E-state index contributed by atoms with van der Waals surface area (Å²) in [6.45, 7) is 3.79. The first-order chi connectivity index (χ1) is 8.01. The van der Waals surface area contributed by atoms with E-state index in [9.17, 15) is 9.50 Å². The summed E-state index contributed by atoms with van der Waals surface area (Å²) in [5.74, 6) is 0.233. The largest absolute Gasteiger partial charge is 0.467 e. The normalized spacial score (nSPS) is 13.6. The minimum absolute atomic E-state index is 0.281. The maximum atomic E-state index is 12.9. The summed E-state index contributed by atoms with van der Waals surface area (Å²) in [6.07, 6.45) is 0.766. The van der Waals surface area contributed by atoms with Gasteiger partial charge in [0, 0.05) is 5.41 Å². The van der Waals surface area contributed by atoms with Gasteiger partial charge in [0.15, 0.2) is 0 Å². The van der Waals surface area contributed by atoms with Crippen molar-refractivity contribution in [3.05, 3.63) is 59.8 Å². The molecule has 2 rings (SSSR count). The minimum atomic E-state index is -0.761. The highest BCUT2D eigenvalue weighted by Gasteiger charge is 2.32. The quantitative estimate of drug-likeness (QED) is 0.882. The molecule has 0 aliphatic heterocycles. The van der Waals surface area contributed by atoms with Gasteiger partial charge in [-0.05, 0) is 29.8 Å². The highest BCUT2D eigenvalue weighted by atomic mass is 19.1. The van der Waals surface area contributed by atoms with Crippen molar-refractivity contribution in [2.24, 2.45) is 0 Å². The molecule has 0 saturated heterocycles. The molecule has 0 bridgehead atoms. The Morgan fingerprint density at radius 3 is 2.35 bits per heavy atom. The van der Waals surface area contributed by atoms with Gasteiger partial charge in [-0.2, -0.15) is 0 Å². The molecule has 1 atom stereocenters. The fraction of sp³-hybridized carbons (Fsp3) is 0.286. The van der Waals surface area contributed by atoms with Gasteiger partial charge in [0.1, 0.15) is 17.7 Å². The molecule has 1 heterocycles. The molecule has 1 unspecified atom stereocenters. The molecular weight excluding hydrogens is 219 g/mol. The van der Waals surface area contributed by atoms with Crippen LogP contribution < -0.4 is 0 Å². The van der Waals surface area contributed by atoms with E-state index in [1.807, 2.05) is 13.8 Å². The van der Waals surface area contributed by atoms with Gasteiger partial charge in [0.25, 0.3) is 0 Å². The maximum Gasteiger partial charge on any atom is 0.133 e. The van der Waals surface area contributed by atoms with Gasteiger partial charge in [-0.15, -0.1) is 0 Å². The third-order valence-corrected chi connectivity index (χ3v) is 3.08. The molecule has 0 saturated carbocycles. The van der Waals surface area contributed by atoms with Crippen LogP contribution in [0.2, 0.25) is 0 Å². The molecule has 3 heteroatoms. The first kappa shape index (κ1) is 11.9. The van der Waals surface area contributed by atoms with E-state index in [0.717, 1.165) is 5.56 Å². The average molecular weight is 234 g/mol. The second kappa shape index (κ2) is 4.34. The van der Waals surface area contributed by atoms with Gasteiger partial charge in [0.2, 0.25) is 0 Å². The van der Waals surface area contributed by atoms with Crippen molar-refractivity contribution in [3.63, 3.8) is 0 Å². The fourth-order valence-corrected chi connectivity index (χ4v) is 1.84. The van der Waals surface area contributed by atoms with Crippen molar-refractivity contribution in [1.82, 2.24) is 0 Å². The van der Waals surface area contributed by atoms with Crippen LogP contribution in [-0.4, -0.2) is 5.11 Å². The predicted molar refractivity (Wildman–Crippen MR) is 63.1 cm³/mol. The Balaban J connectivity index is 2.32. The molecule has 1 N–H and O–H groups in total. The van der Waals surface area contributed by atoms with E-state index in [4.69, 9.17) is 4.42 Å². The number of halogens is 1. The Kier molecular flexibility index (Phi) is 3.03. The zero-order chi connectivity index (χ0) is 12.5. The summed E-state index contributed by atoms with van der Waals surface area (Å²) in [5, 5.41) is 10.3. The second-order valence-electron chi connectivity index (χ2n) is 4.65. The van der Waals surface area contributed by atoms with E-state index >= 15 is 0 Å². The van der Waals surface area contributed by atoms with E-state index in [-0.39, 0.29) is 5.82 Å². The molecule has 90 valence electrons. The van der Waals surface area contributed by atoms with E-state index < -0.39 is 11.5 Å². The molecule has 17 heavy (non-hydrogen) atoms. The van der Waals surface area contributed by atoms with Crippen LogP contribution >= 0.6 is 0 Å². The summed E-state index contributed by atoms with van der Waals surface area (Å²) in [5.41, 5.74) is 0.328. The fourth-order valence-electron chi connectivity index (χ4n) is 1.84. The lowest BCUT2D eigenvalue weighted by Crippen LogP contribution is -2.26. The molecule has 1 aromatic heterocycles. The van der Waals surface area contributed by atoms with Gasteiger partial charge >= 0.3 is 0 Å². The van der Waals surface area contributed by atoms with E-state index in [1.54, 1.807) is 24.3 Å². The highest BCUT2D eigenvalue weighted by Crippen LogP contribution is 2.36. The standard InChI is InChI=1S/C14H15FO2/c1-14(2,10-5-7-11(15)8-6-10)13(16)12-4-3-9-17-12/h3-9,13,16H,1-2H3. The Bertz CT molecular complexity index is 471. The zero-order valence-electron chi connectivity index (χ0n) is 9.85. The molecule has 1 aromatic carbocycles. The SMILES string of the molecule is CC(C)(c1ccc(F)cc1)C(O)c1ccco1. The molecule has 0 aliphatic carbocycles. The third-order valence-electron chi connectivity index (χ3n) is 3.08. The Hall–Kier alpha value is -1.61. The van der Waals surface area contributed by atoms with Gasteiger partial charge in [-0.25, -0.2) is 4.39 Å². The smallest absolute Gasteiger partial charge is 0.133 e. The van der Waals surface area contributed by atoms with E-state index in [2.05, 4.69) is 0 Å². The first-order valence-corrected chi connectivity index (χ1v) is 5.49. The molecule has 0 spiro atoms. The number of hydrogen-bond acceptors (Lipinski definition) is 2. The van der Waals surface area contributed by atoms with E-state index in [0.29, 0.717) is 5.76 Å². The highest BCUT2D eigenvalue weighted by molar-refractivity contribution is 5.27. The van der Waals surface area contributed by atoms with Crippen LogP contribution in [0.5, 0.6) is 0 Å². The summed E-state index contributed by atoms with van der Waals surface area (Å²) in [4.78, 5) is 0. The summed E-state index contributed by atoms with van der Waals surface area (Å²) < 4.78 is 18.1. The molecule has 0 amide bonds. The Morgan fingerprint density at radius 2 is 1.82 bits per heavy atom. The van der Waals surface area contributed by atoms with Gasteiger partial charge in [-0.3, -0.25) is 0 Å². The first-order valence-electron chi connectivity index (χ1n) is 5.49. The molecule has 2 aromatic rings. The van der Waals surface area contributed by atoms with Crippen molar-refractivity contribution >= 4 is 0 Å². The lowest BCUT2D eigenvalue weighted by atomic mass is 9.78. The molecule has 0 fully saturated rings. The van der Waals surface area contributed by atoms with Crippen LogP contribution in [0.3, 0.4) is 0 Å². The van der Waals surface area contributed by atoms with Crippen LogP contribution in [0.15, 0.2) is 47.1 Å². The molecule has 2 nitrogen and oxygen atoms in total. The molecular formula is C14H15FO2. The Labute approximate surface area is 99.7 Å². The minimum Gasteiger partial charge on any atom is -0.467 e.